The molecule has 1 fully saturated rings. The number of aromatic nitrogens is 2. The van der Waals surface area contributed by atoms with Crippen molar-refractivity contribution in [3.63, 3.8) is 0 Å². The van der Waals surface area contributed by atoms with Crippen LogP contribution in [0.4, 0.5) is 0 Å². The Morgan fingerprint density at radius 1 is 1.52 bits per heavy atom. The predicted octanol–water partition coefficient (Wildman–Crippen LogP) is 1.12. The summed E-state index contributed by atoms with van der Waals surface area (Å²) in [5.41, 5.74) is 0.542. The van der Waals surface area contributed by atoms with Crippen molar-refractivity contribution in [2.75, 3.05) is 20.1 Å². The first-order chi connectivity index (χ1) is 10.0. The predicted molar refractivity (Wildman–Crippen MR) is 84.1 cm³/mol. The van der Waals surface area contributed by atoms with Crippen LogP contribution in [-0.4, -0.2) is 51.5 Å². The van der Waals surface area contributed by atoms with Crippen molar-refractivity contribution >= 4 is 5.96 Å². The molecule has 0 aliphatic heterocycles. The van der Waals surface area contributed by atoms with Gasteiger partial charge in [0.25, 0.3) is 0 Å². The molecule has 0 unspecified atom stereocenters. The van der Waals surface area contributed by atoms with Gasteiger partial charge in [-0.2, -0.15) is 5.10 Å². The zero-order chi connectivity index (χ0) is 15.3. The third-order valence-corrected chi connectivity index (χ3v) is 3.93. The molecule has 1 aromatic rings. The number of guanidine groups is 1. The average Bonchev–Trinajstić information content (AvgIpc) is 3.04. The Labute approximate surface area is 126 Å². The Bertz CT molecular complexity index is 476. The lowest BCUT2D eigenvalue weighted by atomic mass is 10.0. The van der Waals surface area contributed by atoms with Gasteiger partial charge in [-0.15, -0.1) is 0 Å². The number of hydrogen-bond donors (Lipinski definition) is 2. The highest BCUT2D eigenvalue weighted by atomic mass is 16.3. The zero-order valence-electron chi connectivity index (χ0n) is 13.3. The Morgan fingerprint density at radius 3 is 2.81 bits per heavy atom. The van der Waals surface area contributed by atoms with E-state index in [1.54, 1.807) is 4.68 Å². The van der Waals surface area contributed by atoms with E-state index in [4.69, 9.17) is 0 Å². The number of aryl methyl sites for hydroxylation is 1. The van der Waals surface area contributed by atoms with Crippen molar-refractivity contribution in [1.82, 2.24) is 20.0 Å². The van der Waals surface area contributed by atoms with Crippen molar-refractivity contribution in [1.29, 1.82) is 0 Å². The molecule has 6 nitrogen and oxygen atoms in total. The highest BCUT2D eigenvalue weighted by Gasteiger charge is 2.30. The molecule has 1 aromatic heterocycles. The maximum Gasteiger partial charge on any atom is 0.194 e. The van der Waals surface area contributed by atoms with Crippen LogP contribution in [0.25, 0.3) is 0 Å². The average molecular weight is 293 g/mol. The van der Waals surface area contributed by atoms with Crippen LogP contribution in [0, 0.1) is 0 Å². The minimum Gasteiger partial charge on any atom is -0.388 e. The first-order valence-corrected chi connectivity index (χ1v) is 7.72. The van der Waals surface area contributed by atoms with Gasteiger partial charge in [0.1, 0.15) is 0 Å². The molecule has 0 radical (unpaired) electrons. The molecular weight excluding hydrogens is 266 g/mol. The summed E-state index contributed by atoms with van der Waals surface area (Å²) in [7, 11) is 3.92. The summed E-state index contributed by atoms with van der Waals surface area (Å²) in [5.74, 6) is 0.835. The summed E-state index contributed by atoms with van der Waals surface area (Å²) in [6, 6.07) is 0. The number of hydrogen-bond acceptors (Lipinski definition) is 3. The summed E-state index contributed by atoms with van der Waals surface area (Å²) < 4.78 is 1.80. The molecule has 0 atom stereocenters. The fourth-order valence-corrected chi connectivity index (χ4v) is 2.79. The summed E-state index contributed by atoms with van der Waals surface area (Å²) in [4.78, 5) is 6.69. The minimum atomic E-state index is -0.601. The molecular formula is C15H27N5O. The van der Waals surface area contributed by atoms with Crippen LogP contribution in [0.1, 0.15) is 38.2 Å². The fraction of sp³-hybridized carbons (Fsp3) is 0.733. The van der Waals surface area contributed by atoms with Crippen LogP contribution in [0.2, 0.25) is 0 Å². The van der Waals surface area contributed by atoms with E-state index in [1.807, 2.05) is 26.5 Å². The van der Waals surface area contributed by atoms with Gasteiger partial charge in [0.2, 0.25) is 0 Å². The molecule has 0 saturated heterocycles. The number of aliphatic hydroxyl groups is 1. The van der Waals surface area contributed by atoms with E-state index in [0.29, 0.717) is 6.54 Å². The smallest absolute Gasteiger partial charge is 0.194 e. The van der Waals surface area contributed by atoms with Crippen LogP contribution in [-0.2, 0) is 13.6 Å². The Morgan fingerprint density at radius 2 is 2.24 bits per heavy atom. The topological polar surface area (TPSA) is 65.7 Å². The molecule has 6 heteroatoms. The van der Waals surface area contributed by atoms with E-state index >= 15 is 0 Å². The molecule has 1 aliphatic rings. The minimum absolute atomic E-state index is 0.479. The summed E-state index contributed by atoms with van der Waals surface area (Å²) >= 11 is 0. The second-order valence-corrected chi connectivity index (χ2v) is 5.98. The van der Waals surface area contributed by atoms with Crippen molar-refractivity contribution < 1.29 is 5.11 Å². The number of aliphatic imine (C=N–C) groups is 1. The zero-order valence-corrected chi connectivity index (χ0v) is 13.3. The highest BCUT2D eigenvalue weighted by molar-refractivity contribution is 5.79. The van der Waals surface area contributed by atoms with E-state index < -0.39 is 5.60 Å². The van der Waals surface area contributed by atoms with E-state index in [2.05, 4.69) is 27.2 Å². The summed E-state index contributed by atoms with van der Waals surface area (Å²) in [6.07, 6.45) is 7.81. The Balaban J connectivity index is 1.99. The molecule has 1 heterocycles. The fourth-order valence-electron chi connectivity index (χ4n) is 2.79. The molecule has 21 heavy (non-hydrogen) atoms. The van der Waals surface area contributed by atoms with Gasteiger partial charge in [0.05, 0.1) is 18.3 Å². The van der Waals surface area contributed by atoms with Gasteiger partial charge in [-0.1, -0.05) is 12.8 Å². The normalized spacial score (nSPS) is 18.0. The lowest BCUT2D eigenvalue weighted by Gasteiger charge is -2.24. The van der Waals surface area contributed by atoms with Crippen molar-refractivity contribution in [3.8, 4) is 0 Å². The molecule has 118 valence electrons. The van der Waals surface area contributed by atoms with Crippen LogP contribution in [0.3, 0.4) is 0 Å². The molecule has 0 spiro atoms. The maximum atomic E-state index is 10.4. The van der Waals surface area contributed by atoms with Crippen molar-refractivity contribution in [2.24, 2.45) is 12.0 Å². The third-order valence-electron chi connectivity index (χ3n) is 3.93. The standard InChI is InChI=1S/C15H27N5O/c1-4-16-14(17-12-15(21)7-5-6-8-15)19(2)10-13-9-18-20(3)11-13/h9,11,21H,4-8,10,12H2,1-3H3,(H,16,17). The van der Waals surface area contributed by atoms with E-state index in [9.17, 15) is 5.11 Å². The van der Waals surface area contributed by atoms with Gasteiger partial charge in [0, 0.05) is 38.9 Å². The molecule has 0 amide bonds. The largest absolute Gasteiger partial charge is 0.388 e. The Hall–Kier alpha value is -1.56. The SMILES string of the molecule is CCNC(=NCC1(O)CCCC1)N(C)Cc1cnn(C)c1. The van der Waals surface area contributed by atoms with Crippen LogP contribution >= 0.6 is 0 Å². The van der Waals surface area contributed by atoms with E-state index in [1.165, 1.54) is 0 Å². The Kier molecular flexibility index (Phi) is 5.22. The van der Waals surface area contributed by atoms with Gasteiger partial charge in [0.15, 0.2) is 5.96 Å². The van der Waals surface area contributed by atoms with Gasteiger partial charge in [-0.25, -0.2) is 0 Å². The number of nitrogens with zero attached hydrogens (tertiary/aromatic N) is 4. The van der Waals surface area contributed by atoms with Gasteiger partial charge in [-0.05, 0) is 19.8 Å². The van der Waals surface area contributed by atoms with Crippen molar-refractivity contribution in [3.05, 3.63) is 18.0 Å². The first kappa shape index (κ1) is 15.8. The number of nitrogens with one attached hydrogen (secondary N) is 1. The second kappa shape index (κ2) is 6.93. The van der Waals surface area contributed by atoms with Crippen LogP contribution in [0.5, 0.6) is 0 Å². The monoisotopic (exact) mass is 293 g/mol. The van der Waals surface area contributed by atoms with Gasteiger partial charge < -0.3 is 15.3 Å². The lowest BCUT2D eigenvalue weighted by Crippen LogP contribution is -2.40. The molecule has 2 N–H and O–H groups in total. The third kappa shape index (κ3) is 4.46. The molecule has 0 aromatic carbocycles. The van der Waals surface area contributed by atoms with Crippen LogP contribution < -0.4 is 5.32 Å². The second-order valence-electron chi connectivity index (χ2n) is 5.98. The highest BCUT2D eigenvalue weighted by Crippen LogP contribution is 2.29. The lowest BCUT2D eigenvalue weighted by molar-refractivity contribution is 0.0572. The molecule has 2 rings (SSSR count). The van der Waals surface area contributed by atoms with Crippen molar-refractivity contribution in [2.45, 2.75) is 44.8 Å². The van der Waals surface area contributed by atoms with Crippen LogP contribution in [0.15, 0.2) is 17.4 Å². The number of rotatable bonds is 5. The molecule has 1 aliphatic carbocycles. The van der Waals surface area contributed by atoms with E-state index in [-0.39, 0.29) is 0 Å². The van der Waals surface area contributed by atoms with Gasteiger partial charge in [-0.3, -0.25) is 9.67 Å². The summed E-state index contributed by atoms with van der Waals surface area (Å²) in [5, 5.41) is 17.9. The molecule has 1 saturated carbocycles. The van der Waals surface area contributed by atoms with Gasteiger partial charge >= 0.3 is 0 Å². The first-order valence-electron chi connectivity index (χ1n) is 7.72. The quantitative estimate of drug-likeness (QED) is 0.631. The molecule has 0 bridgehead atoms. The van der Waals surface area contributed by atoms with E-state index in [0.717, 1.165) is 50.3 Å². The summed E-state index contributed by atoms with van der Waals surface area (Å²) in [6.45, 7) is 4.09. The maximum absolute atomic E-state index is 10.4.